The normalized spacial score (nSPS) is 9.67. The minimum absolute atomic E-state index is 0.228. The Hall–Kier alpha value is -1.32. The molecule has 0 fully saturated rings. The molecule has 0 aromatic rings. The van der Waals surface area contributed by atoms with Gasteiger partial charge in [0.1, 0.15) is 0 Å². The maximum absolute atomic E-state index is 5.03. The first kappa shape index (κ1) is 7.68. The molecular formula is C9H8. The highest BCUT2D eigenvalue weighted by Crippen LogP contribution is 1.95. The van der Waals surface area contributed by atoms with E-state index in [9.17, 15) is 0 Å². The van der Waals surface area contributed by atoms with Crippen LogP contribution in [-0.4, -0.2) is 0 Å². The van der Waals surface area contributed by atoms with Gasteiger partial charge in [-0.2, -0.15) is 0 Å². The molecule has 0 aliphatic heterocycles. The van der Waals surface area contributed by atoms with E-state index in [1.165, 1.54) is 0 Å². The Morgan fingerprint density at radius 3 is 2.56 bits per heavy atom. The third-order valence-corrected chi connectivity index (χ3v) is 0.815. The minimum atomic E-state index is 0.228. The summed E-state index contributed by atoms with van der Waals surface area (Å²) >= 11 is 0. The second-order valence-electron chi connectivity index (χ2n) is 1.72. The van der Waals surface area contributed by atoms with Gasteiger partial charge in [0.15, 0.2) is 0 Å². The van der Waals surface area contributed by atoms with Gasteiger partial charge in [-0.3, -0.25) is 0 Å². The number of hydrogen-bond acceptors (Lipinski definition) is 0. The van der Waals surface area contributed by atoms with E-state index in [1.54, 1.807) is 0 Å². The van der Waals surface area contributed by atoms with Crippen LogP contribution in [0.5, 0.6) is 0 Å². The lowest BCUT2D eigenvalue weighted by Crippen LogP contribution is -1.85. The molecule has 0 aromatic heterocycles. The molecule has 1 unspecified atom stereocenters. The predicted molar refractivity (Wildman–Crippen MR) is 39.2 cm³/mol. The lowest BCUT2D eigenvalue weighted by atomic mass is 10.1. The molecule has 0 heterocycles. The smallest absolute Gasteiger partial charge is 0.0294 e. The summed E-state index contributed by atoms with van der Waals surface area (Å²) in [5.41, 5.74) is 0. The Balaban J connectivity index is 3.68. The Bertz CT molecular complexity index is 199. The highest BCUT2D eigenvalue weighted by molar-refractivity contribution is 5.23. The van der Waals surface area contributed by atoms with E-state index < -0.39 is 0 Å². The molecule has 0 saturated heterocycles. The van der Waals surface area contributed by atoms with E-state index in [0.717, 1.165) is 0 Å². The van der Waals surface area contributed by atoms with E-state index in [0.29, 0.717) is 6.42 Å². The van der Waals surface area contributed by atoms with Gasteiger partial charge in [0.2, 0.25) is 0 Å². The Labute approximate surface area is 56.7 Å². The molecule has 0 radical (unpaired) electrons. The molecule has 0 rings (SSSR count). The van der Waals surface area contributed by atoms with Gasteiger partial charge in [-0.25, -0.2) is 0 Å². The van der Waals surface area contributed by atoms with Gasteiger partial charge in [0.05, 0.1) is 0 Å². The molecule has 0 N–H and O–H groups in total. The molecule has 0 saturated carbocycles. The average Bonchev–Trinajstić information content (AvgIpc) is 1.85. The average molecular weight is 116 g/mol. The molecular weight excluding hydrogens is 108 g/mol. The first-order chi connectivity index (χ1) is 4.31. The maximum Gasteiger partial charge on any atom is 0.0294 e. The molecule has 0 amide bonds. The van der Waals surface area contributed by atoms with Crippen LogP contribution in [0.2, 0.25) is 0 Å². The summed E-state index contributed by atoms with van der Waals surface area (Å²) in [6, 6.07) is 0. The zero-order chi connectivity index (χ0) is 7.11. The fraction of sp³-hybridized carbons (Fsp3) is 0.333. The van der Waals surface area contributed by atoms with E-state index in [1.807, 2.05) is 6.92 Å². The largest absolute Gasteiger partial charge is 0.120 e. The van der Waals surface area contributed by atoms with Gasteiger partial charge in [0.25, 0.3) is 0 Å². The van der Waals surface area contributed by atoms with Crippen molar-refractivity contribution >= 4 is 0 Å². The van der Waals surface area contributed by atoms with Gasteiger partial charge in [-0.05, 0) is 11.8 Å². The monoisotopic (exact) mass is 116 g/mol. The SMILES string of the molecule is C#CC#CC(C)CC#C. The topological polar surface area (TPSA) is 0 Å². The lowest BCUT2D eigenvalue weighted by molar-refractivity contribution is 0.790. The van der Waals surface area contributed by atoms with Crippen LogP contribution in [0.3, 0.4) is 0 Å². The quantitative estimate of drug-likeness (QED) is 0.453. The van der Waals surface area contributed by atoms with Crippen LogP contribution in [0.25, 0.3) is 0 Å². The van der Waals surface area contributed by atoms with Crippen LogP contribution in [0.15, 0.2) is 0 Å². The van der Waals surface area contributed by atoms with Gasteiger partial charge >= 0.3 is 0 Å². The standard InChI is InChI=1S/C9H8/c1-4-6-8-9(3)7-5-2/h1-2,9H,7H2,3H3. The van der Waals surface area contributed by atoms with Crippen LogP contribution in [0.4, 0.5) is 0 Å². The fourth-order valence-corrected chi connectivity index (χ4v) is 0.393. The van der Waals surface area contributed by atoms with E-state index in [4.69, 9.17) is 12.8 Å². The first-order valence-electron chi connectivity index (χ1n) is 2.71. The summed E-state index contributed by atoms with van der Waals surface area (Å²) in [7, 11) is 0. The van der Waals surface area contributed by atoms with Crippen molar-refractivity contribution in [2.45, 2.75) is 13.3 Å². The van der Waals surface area contributed by atoms with Crippen molar-refractivity contribution in [2.24, 2.45) is 5.92 Å². The minimum Gasteiger partial charge on any atom is -0.120 e. The van der Waals surface area contributed by atoms with Crippen LogP contribution >= 0.6 is 0 Å². The van der Waals surface area contributed by atoms with Crippen LogP contribution < -0.4 is 0 Å². The Morgan fingerprint density at radius 1 is 1.44 bits per heavy atom. The molecule has 0 bridgehead atoms. The molecule has 0 heteroatoms. The Kier molecular flexibility index (Phi) is 4.12. The lowest BCUT2D eigenvalue weighted by Gasteiger charge is -1.91. The van der Waals surface area contributed by atoms with Crippen LogP contribution in [-0.2, 0) is 0 Å². The summed E-state index contributed by atoms with van der Waals surface area (Å²) in [5.74, 6) is 10.3. The Morgan fingerprint density at radius 2 is 2.11 bits per heavy atom. The maximum atomic E-state index is 5.03. The van der Waals surface area contributed by atoms with Gasteiger partial charge < -0.3 is 0 Å². The second-order valence-corrected chi connectivity index (χ2v) is 1.72. The van der Waals surface area contributed by atoms with Crippen molar-refractivity contribution in [1.29, 1.82) is 0 Å². The molecule has 0 aliphatic rings. The number of terminal acetylenes is 2. The van der Waals surface area contributed by atoms with Crippen LogP contribution in [0.1, 0.15) is 13.3 Å². The summed E-state index contributed by atoms with van der Waals surface area (Å²) in [6.45, 7) is 1.95. The van der Waals surface area contributed by atoms with Gasteiger partial charge in [0, 0.05) is 12.3 Å². The molecule has 0 aliphatic carbocycles. The number of hydrogen-bond donors (Lipinski definition) is 0. The zero-order valence-electron chi connectivity index (χ0n) is 5.44. The van der Waals surface area contributed by atoms with Crippen molar-refractivity contribution in [2.75, 3.05) is 0 Å². The summed E-state index contributed by atoms with van der Waals surface area (Å²) in [4.78, 5) is 0. The zero-order valence-corrected chi connectivity index (χ0v) is 5.44. The van der Waals surface area contributed by atoms with E-state index in [-0.39, 0.29) is 5.92 Å². The van der Waals surface area contributed by atoms with E-state index >= 15 is 0 Å². The van der Waals surface area contributed by atoms with E-state index in [2.05, 4.69) is 23.7 Å². The molecule has 0 aromatic carbocycles. The molecule has 0 nitrogen and oxygen atoms in total. The van der Waals surface area contributed by atoms with Gasteiger partial charge in [-0.1, -0.05) is 12.8 Å². The fourth-order valence-electron chi connectivity index (χ4n) is 0.393. The van der Waals surface area contributed by atoms with Crippen molar-refractivity contribution in [3.05, 3.63) is 0 Å². The second kappa shape index (κ2) is 4.83. The molecule has 44 valence electrons. The molecule has 9 heavy (non-hydrogen) atoms. The first-order valence-corrected chi connectivity index (χ1v) is 2.71. The third kappa shape index (κ3) is 4.53. The van der Waals surface area contributed by atoms with Crippen molar-refractivity contribution < 1.29 is 0 Å². The van der Waals surface area contributed by atoms with Crippen molar-refractivity contribution in [3.8, 4) is 36.5 Å². The number of rotatable bonds is 1. The summed E-state index contributed by atoms with van der Waals surface area (Å²) < 4.78 is 0. The molecule has 1 atom stereocenters. The highest BCUT2D eigenvalue weighted by Gasteiger charge is 1.89. The van der Waals surface area contributed by atoms with Crippen LogP contribution in [0, 0.1) is 42.4 Å². The summed E-state index contributed by atoms with van der Waals surface area (Å²) in [5, 5.41) is 0. The third-order valence-electron chi connectivity index (χ3n) is 0.815. The predicted octanol–water partition coefficient (Wildman–Crippen LogP) is 1.28. The highest BCUT2D eigenvalue weighted by atomic mass is 13.9. The van der Waals surface area contributed by atoms with Crippen molar-refractivity contribution in [3.63, 3.8) is 0 Å². The summed E-state index contributed by atoms with van der Waals surface area (Å²) in [6.07, 6.45) is 10.6. The van der Waals surface area contributed by atoms with Gasteiger partial charge in [-0.15, -0.1) is 18.8 Å². The molecule has 0 spiro atoms. The van der Waals surface area contributed by atoms with Crippen molar-refractivity contribution in [1.82, 2.24) is 0 Å².